The van der Waals surface area contributed by atoms with E-state index in [1.54, 1.807) is 0 Å². The number of nitrogens with zero attached hydrogens (tertiary/aromatic N) is 2. The summed E-state index contributed by atoms with van der Waals surface area (Å²) in [6, 6.07) is 0. The summed E-state index contributed by atoms with van der Waals surface area (Å²) in [7, 11) is 0. The molecule has 1 saturated carbocycles. The van der Waals surface area contributed by atoms with Gasteiger partial charge in [0.2, 0.25) is 11.8 Å². The average Bonchev–Trinajstić information content (AvgIpc) is 3.03. The van der Waals surface area contributed by atoms with Gasteiger partial charge in [-0.15, -0.1) is 10.2 Å². The molecular weight excluding hydrogens is 268 g/mol. The zero-order chi connectivity index (χ0) is 15.3. The van der Waals surface area contributed by atoms with Crippen LogP contribution in [0.2, 0.25) is 0 Å². The number of aliphatic carboxylic acids is 1. The predicted octanol–water partition coefficient (Wildman–Crippen LogP) is 3.72. The van der Waals surface area contributed by atoms with Crippen LogP contribution >= 0.6 is 0 Å². The number of rotatable bonds is 8. The van der Waals surface area contributed by atoms with Crippen molar-refractivity contribution in [1.82, 2.24) is 10.2 Å². The third-order valence-corrected chi connectivity index (χ3v) is 4.31. The van der Waals surface area contributed by atoms with Crippen molar-refractivity contribution in [3.05, 3.63) is 11.8 Å². The molecule has 0 aromatic carbocycles. The Bertz CT molecular complexity index is 462. The van der Waals surface area contributed by atoms with E-state index in [1.165, 1.54) is 12.8 Å². The number of carboxylic acids is 1. The van der Waals surface area contributed by atoms with Crippen LogP contribution in [0.15, 0.2) is 4.42 Å². The van der Waals surface area contributed by atoms with Gasteiger partial charge >= 0.3 is 5.97 Å². The van der Waals surface area contributed by atoms with E-state index in [1.807, 2.05) is 0 Å². The highest BCUT2D eigenvalue weighted by Crippen LogP contribution is 2.45. The third kappa shape index (κ3) is 4.29. The molecule has 21 heavy (non-hydrogen) atoms. The molecule has 0 atom stereocenters. The molecule has 5 nitrogen and oxygen atoms in total. The number of aromatic nitrogens is 2. The molecule has 0 unspecified atom stereocenters. The van der Waals surface area contributed by atoms with Crippen LogP contribution in [0.25, 0.3) is 0 Å². The van der Waals surface area contributed by atoms with E-state index < -0.39 is 5.97 Å². The quantitative estimate of drug-likeness (QED) is 0.739. The molecule has 0 spiro atoms. The smallest absolute Gasteiger partial charge is 0.303 e. The summed E-state index contributed by atoms with van der Waals surface area (Å²) in [5.74, 6) is 1.34. The van der Waals surface area contributed by atoms with Crippen LogP contribution in [0.4, 0.5) is 0 Å². The van der Waals surface area contributed by atoms with Crippen molar-refractivity contribution < 1.29 is 14.3 Å². The highest BCUT2D eigenvalue weighted by Gasteiger charge is 2.40. The van der Waals surface area contributed by atoms with E-state index in [0.717, 1.165) is 31.6 Å². The van der Waals surface area contributed by atoms with Gasteiger partial charge in [-0.05, 0) is 38.0 Å². The van der Waals surface area contributed by atoms with Crippen molar-refractivity contribution in [2.24, 2.45) is 5.92 Å². The number of aryl methyl sites for hydroxylation is 1. The summed E-state index contributed by atoms with van der Waals surface area (Å²) in [5.41, 5.74) is 0.0838. The maximum atomic E-state index is 10.5. The number of hydrogen-bond donors (Lipinski definition) is 1. The molecule has 0 saturated heterocycles. The van der Waals surface area contributed by atoms with Crippen molar-refractivity contribution >= 4 is 5.97 Å². The number of carbonyl (C=O) groups is 1. The first-order valence-corrected chi connectivity index (χ1v) is 8.06. The van der Waals surface area contributed by atoms with Crippen LogP contribution in [0.5, 0.6) is 0 Å². The zero-order valence-electron chi connectivity index (χ0n) is 13.1. The first-order valence-electron chi connectivity index (χ1n) is 8.06. The molecule has 1 aliphatic carbocycles. The highest BCUT2D eigenvalue weighted by atomic mass is 16.4. The highest BCUT2D eigenvalue weighted by molar-refractivity contribution is 5.66. The molecule has 0 aliphatic heterocycles. The Morgan fingerprint density at radius 2 is 2.00 bits per heavy atom. The Morgan fingerprint density at radius 3 is 2.62 bits per heavy atom. The third-order valence-electron chi connectivity index (χ3n) is 4.31. The number of carboxylic acid groups (broad SMARTS) is 1. The van der Waals surface area contributed by atoms with Crippen molar-refractivity contribution in [2.75, 3.05) is 0 Å². The van der Waals surface area contributed by atoms with Gasteiger partial charge in [-0.25, -0.2) is 0 Å². The Balaban J connectivity index is 1.95. The van der Waals surface area contributed by atoms with Crippen LogP contribution < -0.4 is 0 Å². The lowest BCUT2D eigenvalue weighted by molar-refractivity contribution is -0.137. The van der Waals surface area contributed by atoms with Crippen LogP contribution in [-0.4, -0.2) is 21.3 Å². The van der Waals surface area contributed by atoms with Crippen LogP contribution in [0.3, 0.4) is 0 Å². The topological polar surface area (TPSA) is 76.2 Å². The van der Waals surface area contributed by atoms with Gasteiger partial charge in [0.15, 0.2) is 0 Å². The molecule has 1 N–H and O–H groups in total. The molecular formula is C16H26N2O3. The standard InChI is InChI=1S/C16H26N2O3/c1-12(2)11-16(9-5-6-10-16)15-18-17-13(21-15)7-3-4-8-14(19)20/h12H,3-11H2,1-2H3,(H,19,20). The SMILES string of the molecule is CC(C)CC1(c2nnc(CCCCC(=O)O)o2)CCCC1. The fourth-order valence-electron chi connectivity index (χ4n) is 3.46. The minimum absolute atomic E-state index is 0.0838. The molecule has 1 aromatic rings. The second-order valence-electron chi connectivity index (χ2n) is 6.69. The second kappa shape index (κ2) is 7.05. The Hall–Kier alpha value is -1.39. The lowest BCUT2D eigenvalue weighted by Crippen LogP contribution is -2.24. The van der Waals surface area contributed by atoms with Gasteiger partial charge in [0.25, 0.3) is 0 Å². The molecule has 5 heteroatoms. The monoisotopic (exact) mass is 294 g/mol. The van der Waals surface area contributed by atoms with Gasteiger partial charge < -0.3 is 9.52 Å². The minimum atomic E-state index is -0.747. The normalized spacial score (nSPS) is 17.5. The molecule has 1 heterocycles. The first-order chi connectivity index (χ1) is 10.0. The fraction of sp³-hybridized carbons (Fsp3) is 0.812. The first kappa shape index (κ1) is 16.0. The second-order valence-corrected chi connectivity index (χ2v) is 6.69. The summed E-state index contributed by atoms with van der Waals surface area (Å²) >= 11 is 0. The average molecular weight is 294 g/mol. The molecule has 118 valence electrons. The van der Waals surface area contributed by atoms with Gasteiger partial charge in [-0.3, -0.25) is 4.79 Å². The van der Waals surface area contributed by atoms with E-state index in [-0.39, 0.29) is 11.8 Å². The molecule has 2 rings (SSSR count). The van der Waals surface area contributed by atoms with Gasteiger partial charge in [0, 0.05) is 18.3 Å². The van der Waals surface area contributed by atoms with E-state index in [2.05, 4.69) is 24.0 Å². The maximum absolute atomic E-state index is 10.5. The summed E-state index contributed by atoms with van der Waals surface area (Å²) in [4.78, 5) is 10.5. The number of hydrogen-bond acceptors (Lipinski definition) is 4. The van der Waals surface area contributed by atoms with Gasteiger partial charge in [-0.2, -0.15) is 0 Å². The van der Waals surface area contributed by atoms with Gasteiger partial charge in [0.05, 0.1) is 0 Å². The Labute approximate surface area is 126 Å². The molecule has 0 amide bonds. The van der Waals surface area contributed by atoms with E-state index in [4.69, 9.17) is 9.52 Å². The Kier molecular flexibility index (Phi) is 5.37. The minimum Gasteiger partial charge on any atom is -0.481 e. The largest absolute Gasteiger partial charge is 0.481 e. The van der Waals surface area contributed by atoms with Crippen molar-refractivity contribution in [2.45, 2.75) is 77.0 Å². The maximum Gasteiger partial charge on any atom is 0.303 e. The molecule has 0 bridgehead atoms. The number of unbranched alkanes of at least 4 members (excludes halogenated alkanes) is 1. The predicted molar refractivity (Wildman–Crippen MR) is 79.1 cm³/mol. The summed E-state index contributed by atoms with van der Waals surface area (Å²) < 4.78 is 5.91. The summed E-state index contributed by atoms with van der Waals surface area (Å²) in [6.07, 6.45) is 8.20. The lowest BCUT2D eigenvalue weighted by Gasteiger charge is -2.26. The van der Waals surface area contributed by atoms with Gasteiger partial charge in [0.1, 0.15) is 0 Å². The molecule has 1 aromatic heterocycles. The van der Waals surface area contributed by atoms with Crippen molar-refractivity contribution in [1.29, 1.82) is 0 Å². The van der Waals surface area contributed by atoms with Crippen LogP contribution in [-0.2, 0) is 16.6 Å². The summed E-state index contributed by atoms with van der Waals surface area (Å²) in [5, 5.41) is 17.1. The van der Waals surface area contributed by atoms with E-state index in [0.29, 0.717) is 24.7 Å². The van der Waals surface area contributed by atoms with E-state index in [9.17, 15) is 4.79 Å². The van der Waals surface area contributed by atoms with Crippen LogP contribution in [0, 0.1) is 5.92 Å². The van der Waals surface area contributed by atoms with Crippen LogP contribution in [0.1, 0.15) is 77.0 Å². The Morgan fingerprint density at radius 1 is 1.29 bits per heavy atom. The molecule has 1 aliphatic rings. The van der Waals surface area contributed by atoms with Gasteiger partial charge in [-0.1, -0.05) is 26.7 Å². The fourth-order valence-corrected chi connectivity index (χ4v) is 3.46. The zero-order valence-corrected chi connectivity index (χ0v) is 13.1. The summed E-state index contributed by atoms with van der Waals surface area (Å²) in [6.45, 7) is 4.48. The molecule has 1 fully saturated rings. The van der Waals surface area contributed by atoms with E-state index >= 15 is 0 Å². The lowest BCUT2D eigenvalue weighted by atomic mass is 9.78. The van der Waals surface area contributed by atoms with Crippen molar-refractivity contribution in [3.8, 4) is 0 Å². The molecule has 0 radical (unpaired) electrons. The van der Waals surface area contributed by atoms with Crippen molar-refractivity contribution in [3.63, 3.8) is 0 Å².